The third kappa shape index (κ3) is 2.22. The third-order valence-corrected chi connectivity index (χ3v) is 1.92. The van der Waals surface area contributed by atoms with E-state index in [1.807, 2.05) is 6.92 Å². The lowest BCUT2D eigenvalue weighted by Gasteiger charge is -2.04. The summed E-state index contributed by atoms with van der Waals surface area (Å²) in [6, 6.07) is -0.532. The largest absolute Gasteiger partial charge is 0.480 e. The van der Waals surface area contributed by atoms with E-state index < -0.39 is 12.0 Å². The van der Waals surface area contributed by atoms with Gasteiger partial charge in [0.1, 0.15) is 6.04 Å². The summed E-state index contributed by atoms with van der Waals surface area (Å²) in [7, 11) is 0. The van der Waals surface area contributed by atoms with Crippen LogP contribution in [0.4, 0.5) is 0 Å². The average molecular weight is 170 g/mol. The van der Waals surface area contributed by atoms with Crippen molar-refractivity contribution in [3.05, 3.63) is 0 Å². The van der Waals surface area contributed by atoms with Gasteiger partial charge in [-0.05, 0) is 12.8 Å². The van der Waals surface area contributed by atoms with Gasteiger partial charge >= 0.3 is 5.97 Å². The highest BCUT2D eigenvalue weighted by atomic mass is 16.4. The first-order valence-electron chi connectivity index (χ1n) is 4.27. The molecule has 2 N–H and O–H groups in total. The fourth-order valence-electron chi connectivity index (χ4n) is 1.22. The maximum atomic E-state index is 10.6. The molecule has 1 aliphatic heterocycles. The van der Waals surface area contributed by atoms with Crippen molar-refractivity contribution in [1.29, 1.82) is 0 Å². The molecule has 0 amide bonds. The van der Waals surface area contributed by atoms with E-state index in [9.17, 15) is 4.79 Å². The lowest BCUT2D eigenvalue weighted by Crippen LogP contribution is -2.23. The maximum absolute atomic E-state index is 10.6. The summed E-state index contributed by atoms with van der Waals surface area (Å²) in [5.41, 5.74) is 0. The molecule has 1 aliphatic rings. The summed E-state index contributed by atoms with van der Waals surface area (Å²) in [4.78, 5) is 14.7. The van der Waals surface area contributed by atoms with Gasteiger partial charge in [-0.15, -0.1) is 0 Å². The molecule has 12 heavy (non-hydrogen) atoms. The van der Waals surface area contributed by atoms with E-state index in [1.165, 1.54) is 0 Å². The predicted octanol–water partition coefficient (Wildman–Crippen LogP) is 0.631. The molecule has 0 unspecified atom stereocenters. The van der Waals surface area contributed by atoms with Crippen molar-refractivity contribution >= 4 is 11.8 Å². The first-order chi connectivity index (χ1) is 5.74. The quantitative estimate of drug-likeness (QED) is 0.639. The van der Waals surface area contributed by atoms with Crippen molar-refractivity contribution in [3.8, 4) is 0 Å². The lowest BCUT2D eigenvalue weighted by molar-refractivity contribution is -0.138. The molecule has 4 nitrogen and oxygen atoms in total. The first kappa shape index (κ1) is 9.03. The second-order valence-electron chi connectivity index (χ2n) is 2.85. The van der Waals surface area contributed by atoms with Gasteiger partial charge in [-0.1, -0.05) is 6.92 Å². The van der Waals surface area contributed by atoms with Crippen molar-refractivity contribution in [3.63, 3.8) is 0 Å². The number of carboxylic acid groups (broad SMARTS) is 1. The zero-order chi connectivity index (χ0) is 8.97. The molecule has 0 bridgehead atoms. The normalized spacial score (nSPS) is 23.8. The summed E-state index contributed by atoms with van der Waals surface area (Å²) in [5.74, 6) is 0.00421. The molecule has 4 heteroatoms. The summed E-state index contributed by atoms with van der Waals surface area (Å²) in [6.07, 6.45) is 2.31. The number of nitrogens with zero attached hydrogens (tertiary/aromatic N) is 1. The molecule has 1 heterocycles. The molecule has 68 valence electrons. The minimum atomic E-state index is -0.815. The topological polar surface area (TPSA) is 61.7 Å². The Hall–Kier alpha value is -1.06. The van der Waals surface area contributed by atoms with Crippen LogP contribution in [0.15, 0.2) is 4.99 Å². The van der Waals surface area contributed by atoms with Crippen LogP contribution in [0.5, 0.6) is 0 Å². The number of carbonyl (C=O) groups is 1. The second-order valence-corrected chi connectivity index (χ2v) is 2.85. The van der Waals surface area contributed by atoms with E-state index in [0.717, 1.165) is 25.2 Å². The van der Waals surface area contributed by atoms with E-state index >= 15 is 0 Å². The van der Waals surface area contributed by atoms with Gasteiger partial charge in [-0.25, -0.2) is 4.79 Å². The highest BCUT2D eigenvalue weighted by molar-refractivity contribution is 5.85. The van der Waals surface area contributed by atoms with Gasteiger partial charge in [-0.2, -0.15) is 0 Å². The summed E-state index contributed by atoms with van der Waals surface area (Å²) >= 11 is 0. The number of carboxylic acids is 1. The number of hydrogen-bond donors (Lipinski definition) is 2. The summed E-state index contributed by atoms with van der Waals surface area (Å²) in [6.45, 7) is 2.81. The van der Waals surface area contributed by atoms with Crippen LogP contribution >= 0.6 is 0 Å². The summed E-state index contributed by atoms with van der Waals surface area (Å²) in [5, 5.41) is 11.8. The zero-order valence-corrected chi connectivity index (χ0v) is 7.21. The molecule has 0 aromatic rings. The average Bonchev–Trinajstić information content (AvgIpc) is 2.28. The Morgan fingerprint density at radius 3 is 3.17 bits per heavy atom. The molecule has 1 atom stereocenters. The Morgan fingerprint density at radius 2 is 2.58 bits per heavy atom. The molecular weight excluding hydrogens is 156 g/mol. The van der Waals surface area contributed by atoms with Crippen molar-refractivity contribution in [2.24, 2.45) is 4.99 Å². The molecule has 0 saturated heterocycles. The Kier molecular flexibility index (Phi) is 3.08. The Morgan fingerprint density at radius 1 is 1.83 bits per heavy atom. The first-order valence-corrected chi connectivity index (χ1v) is 4.27. The van der Waals surface area contributed by atoms with Crippen LogP contribution in [-0.4, -0.2) is 29.5 Å². The highest BCUT2D eigenvalue weighted by Gasteiger charge is 2.18. The number of nitrogens with one attached hydrogen (secondary N) is 1. The number of hydrogen-bond acceptors (Lipinski definition) is 3. The molecule has 0 radical (unpaired) electrons. The van der Waals surface area contributed by atoms with Gasteiger partial charge in [-0.3, -0.25) is 4.99 Å². The number of rotatable bonds is 2. The van der Waals surface area contributed by atoms with Crippen LogP contribution in [0, 0.1) is 0 Å². The van der Waals surface area contributed by atoms with E-state index in [0.29, 0.717) is 6.42 Å². The SMILES string of the molecule is CCC1=N[C@H](C(=O)O)CCCN1. The highest BCUT2D eigenvalue weighted by Crippen LogP contribution is 2.06. The number of aliphatic carboxylic acids is 1. The Labute approximate surface area is 71.7 Å². The summed E-state index contributed by atoms with van der Waals surface area (Å²) < 4.78 is 0. The fourth-order valence-corrected chi connectivity index (χ4v) is 1.22. The number of aliphatic imine (C=N–C) groups is 1. The van der Waals surface area contributed by atoms with Crippen LogP contribution < -0.4 is 5.32 Å². The molecule has 0 saturated carbocycles. The van der Waals surface area contributed by atoms with E-state index in [2.05, 4.69) is 10.3 Å². The molecule has 1 rings (SSSR count). The van der Waals surface area contributed by atoms with Crippen molar-refractivity contribution in [2.75, 3.05) is 6.54 Å². The van der Waals surface area contributed by atoms with Crippen LogP contribution in [0.3, 0.4) is 0 Å². The van der Waals surface area contributed by atoms with Crippen LogP contribution in [0.1, 0.15) is 26.2 Å². The number of amidine groups is 1. The van der Waals surface area contributed by atoms with E-state index in [4.69, 9.17) is 5.11 Å². The molecular formula is C8H14N2O2. The predicted molar refractivity (Wildman–Crippen MR) is 46.4 cm³/mol. The van der Waals surface area contributed by atoms with Gasteiger partial charge < -0.3 is 10.4 Å². The minimum absolute atomic E-state index is 0.532. The molecule has 0 spiro atoms. The zero-order valence-electron chi connectivity index (χ0n) is 7.21. The monoisotopic (exact) mass is 170 g/mol. The molecule has 0 aromatic carbocycles. The van der Waals surface area contributed by atoms with Gasteiger partial charge in [0.05, 0.1) is 5.84 Å². The van der Waals surface area contributed by atoms with Crippen LogP contribution in [-0.2, 0) is 4.79 Å². The maximum Gasteiger partial charge on any atom is 0.328 e. The van der Waals surface area contributed by atoms with Gasteiger partial charge in [0, 0.05) is 13.0 Å². The van der Waals surface area contributed by atoms with Gasteiger partial charge in [0.25, 0.3) is 0 Å². The van der Waals surface area contributed by atoms with Crippen molar-refractivity contribution in [1.82, 2.24) is 5.32 Å². The molecule has 0 fully saturated rings. The van der Waals surface area contributed by atoms with E-state index in [-0.39, 0.29) is 0 Å². The molecule has 0 aromatic heterocycles. The molecule has 0 aliphatic carbocycles. The minimum Gasteiger partial charge on any atom is -0.480 e. The standard InChI is InChI=1S/C8H14N2O2/c1-2-7-9-5-3-4-6(10-7)8(11)12/h6H,2-5H2,1H3,(H,9,10)(H,11,12)/t6-/m0/s1. The van der Waals surface area contributed by atoms with Crippen molar-refractivity contribution < 1.29 is 9.90 Å². The smallest absolute Gasteiger partial charge is 0.328 e. The Balaban J connectivity index is 2.66. The van der Waals surface area contributed by atoms with Crippen molar-refractivity contribution in [2.45, 2.75) is 32.2 Å². The van der Waals surface area contributed by atoms with Crippen LogP contribution in [0.25, 0.3) is 0 Å². The second kappa shape index (κ2) is 4.09. The third-order valence-electron chi connectivity index (χ3n) is 1.92. The van der Waals surface area contributed by atoms with Gasteiger partial charge in [0.2, 0.25) is 0 Å². The lowest BCUT2D eigenvalue weighted by atomic mass is 10.2. The van der Waals surface area contributed by atoms with E-state index in [1.54, 1.807) is 0 Å². The Bertz CT molecular complexity index is 201. The van der Waals surface area contributed by atoms with Gasteiger partial charge in [0.15, 0.2) is 0 Å². The fraction of sp³-hybridized carbons (Fsp3) is 0.750. The van der Waals surface area contributed by atoms with Crippen LogP contribution in [0.2, 0.25) is 0 Å².